The zero-order valence-electron chi connectivity index (χ0n) is 16.0. The first kappa shape index (κ1) is 19.8. The number of ether oxygens (including phenoxy) is 2. The van der Waals surface area contributed by atoms with E-state index >= 15 is 0 Å². The van der Waals surface area contributed by atoms with Crippen molar-refractivity contribution >= 4 is 33.6 Å². The fraction of sp³-hybridized carbons (Fsp3) is 0.150. The molecule has 1 aliphatic heterocycles. The number of ketones is 1. The Kier molecular flexibility index (Phi) is 5.32. The molecule has 0 fully saturated rings. The van der Waals surface area contributed by atoms with Crippen LogP contribution in [-0.2, 0) is 9.53 Å². The van der Waals surface area contributed by atoms with Crippen LogP contribution >= 0.6 is 15.9 Å². The number of hydrogen-bond donors (Lipinski definition) is 1. The highest BCUT2D eigenvalue weighted by atomic mass is 79.9. The maximum absolute atomic E-state index is 13.6. The number of rotatable bonds is 5. The summed E-state index contributed by atoms with van der Waals surface area (Å²) in [5.41, 5.74) is 1.21. The molecule has 0 unspecified atom stereocenters. The lowest BCUT2D eigenvalue weighted by Crippen LogP contribution is -2.33. The highest BCUT2D eigenvalue weighted by Crippen LogP contribution is 2.37. The SMILES string of the molecule is COC(=O)C1=C(C(=O)c2cccc(OC)c2)[C@H](c2cccc(Br)c2)n2nnnc2N1. The normalized spacial score (nSPS) is 15.2. The summed E-state index contributed by atoms with van der Waals surface area (Å²) in [5, 5.41) is 14.5. The molecule has 0 aliphatic carbocycles. The van der Waals surface area contributed by atoms with Crippen molar-refractivity contribution in [3.8, 4) is 5.75 Å². The van der Waals surface area contributed by atoms with Gasteiger partial charge in [-0.2, -0.15) is 4.68 Å². The summed E-state index contributed by atoms with van der Waals surface area (Å²) in [7, 11) is 2.76. The average molecular weight is 470 g/mol. The number of Topliss-reactive ketones (excluding diaryl/α,β-unsaturated/α-hetero) is 1. The number of halogens is 1. The molecule has 30 heavy (non-hydrogen) atoms. The number of nitrogens with zero attached hydrogens (tertiary/aromatic N) is 4. The Morgan fingerprint density at radius 2 is 1.93 bits per heavy atom. The average Bonchev–Trinajstić information content (AvgIpc) is 3.25. The lowest BCUT2D eigenvalue weighted by atomic mass is 9.89. The van der Waals surface area contributed by atoms with Gasteiger partial charge < -0.3 is 14.8 Å². The number of anilines is 1. The van der Waals surface area contributed by atoms with Gasteiger partial charge in [-0.3, -0.25) is 4.79 Å². The van der Waals surface area contributed by atoms with Gasteiger partial charge in [-0.1, -0.05) is 45.3 Å². The van der Waals surface area contributed by atoms with Crippen molar-refractivity contribution in [1.82, 2.24) is 20.2 Å². The molecule has 0 radical (unpaired) electrons. The molecule has 4 rings (SSSR count). The van der Waals surface area contributed by atoms with E-state index in [-0.39, 0.29) is 23.0 Å². The molecule has 0 saturated heterocycles. The van der Waals surface area contributed by atoms with E-state index in [1.54, 1.807) is 24.3 Å². The molecule has 1 N–H and O–H groups in total. The number of aromatic nitrogens is 4. The number of allylic oxidation sites excluding steroid dienone is 1. The molecule has 1 atom stereocenters. The Morgan fingerprint density at radius 1 is 1.13 bits per heavy atom. The highest BCUT2D eigenvalue weighted by molar-refractivity contribution is 9.10. The van der Waals surface area contributed by atoms with E-state index in [2.05, 4.69) is 36.8 Å². The molecular formula is C20H16BrN5O4. The van der Waals surface area contributed by atoms with E-state index in [4.69, 9.17) is 9.47 Å². The Bertz CT molecular complexity index is 1170. The quantitative estimate of drug-likeness (QED) is 0.448. The lowest BCUT2D eigenvalue weighted by Gasteiger charge is -2.28. The van der Waals surface area contributed by atoms with Crippen LogP contribution in [0.5, 0.6) is 5.75 Å². The van der Waals surface area contributed by atoms with Crippen LogP contribution in [0.2, 0.25) is 0 Å². The fourth-order valence-corrected chi connectivity index (χ4v) is 3.71. The number of tetrazole rings is 1. The molecule has 0 amide bonds. The second-order valence-corrected chi connectivity index (χ2v) is 7.29. The molecule has 1 aliphatic rings. The smallest absolute Gasteiger partial charge is 0.355 e. The van der Waals surface area contributed by atoms with Crippen LogP contribution < -0.4 is 10.1 Å². The van der Waals surface area contributed by atoms with Crippen LogP contribution in [-0.4, -0.2) is 46.2 Å². The summed E-state index contributed by atoms with van der Waals surface area (Å²) in [5.74, 6) is -0.335. The van der Waals surface area contributed by atoms with Crippen LogP contribution in [0.3, 0.4) is 0 Å². The monoisotopic (exact) mass is 469 g/mol. The number of esters is 1. The van der Waals surface area contributed by atoms with E-state index in [1.807, 2.05) is 24.3 Å². The van der Waals surface area contributed by atoms with Gasteiger partial charge in [0.2, 0.25) is 5.95 Å². The first-order valence-electron chi connectivity index (χ1n) is 8.85. The summed E-state index contributed by atoms with van der Waals surface area (Å²) in [6, 6.07) is 13.3. The first-order valence-corrected chi connectivity index (χ1v) is 9.64. The van der Waals surface area contributed by atoms with Gasteiger partial charge in [0.05, 0.1) is 19.8 Å². The van der Waals surface area contributed by atoms with E-state index in [9.17, 15) is 9.59 Å². The van der Waals surface area contributed by atoms with E-state index in [0.717, 1.165) is 4.47 Å². The molecule has 3 aromatic rings. The third-order valence-electron chi connectivity index (χ3n) is 4.65. The molecule has 152 valence electrons. The molecule has 1 aromatic heterocycles. The summed E-state index contributed by atoms with van der Waals surface area (Å²) in [4.78, 5) is 26.2. The number of carbonyl (C=O) groups is 2. The van der Waals surface area contributed by atoms with E-state index in [1.165, 1.54) is 18.9 Å². The third kappa shape index (κ3) is 3.45. The molecule has 2 heterocycles. The number of hydrogen-bond acceptors (Lipinski definition) is 8. The van der Waals surface area contributed by atoms with Gasteiger partial charge >= 0.3 is 5.97 Å². The predicted octanol–water partition coefficient (Wildman–Crippen LogP) is 2.77. The molecule has 0 bridgehead atoms. The second-order valence-electron chi connectivity index (χ2n) is 6.37. The maximum Gasteiger partial charge on any atom is 0.355 e. The number of nitrogens with one attached hydrogen (secondary N) is 1. The van der Waals surface area contributed by atoms with Gasteiger partial charge in [-0.15, -0.1) is 0 Å². The minimum atomic E-state index is -0.749. The summed E-state index contributed by atoms with van der Waals surface area (Å²) < 4.78 is 12.4. The van der Waals surface area contributed by atoms with Gasteiger partial charge in [0.25, 0.3) is 0 Å². The molecular weight excluding hydrogens is 454 g/mol. The Hall–Kier alpha value is -3.53. The van der Waals surface area contributed by atoms with Crippen LogP contribution in [0.25, 0.3) is 0 Å². The zero-order valence-corrected chi connectivity index (χ0v) is 17.6. The standard InChI is InChI=1S/C20H16BrN5O4/c1-29-14-8-4-6-12(10-14)18(27)15-16(19(28)30-2)22-20-23-24-25-26(20)17(15)11-5-3-7-13(21)9-11/h3-10,17H,1-2H3,(H,22,23,25)/t17-/m0/s1. The van der Waals surface area contributed by atoms with Gasteiger partial charge in [0.1, 0.15) is 17.5 Å². The fourth-order valence-electron chi connectivity index (χ4n) is 3.29. The summed E-state index contributed by atoms with van der Waals surface area (Å²) in [6.07, 6.45) is 0. The van der Waals surface area contributed by atoms with Crippen LogP contribution in [0.1, 0.15) is 22.0 Å². The van der Waals surface area contributed by atoms with Crippen molar-refractivity contribution in [3.05, 3.63) is 75.4 Å². The van der Waals surface area contributed by atoms with Gasteiger partial charge in [-0.25, -0.2) is 4.79 Å². The van der Waals surface area contributed by atoms with Crippen molar-refractivity contribution in [3.63, 3.8) is 0 Å². The molecule has 9 nitrogen and oxygen atoms in total. The van der Waals surface area contributed by atoms with Crippen molar-refractivity contribution in [2.45, 2.75) is 6.04 Å². The van der Waals surface area contributed by atoms with Crippen molar-refractivity contribution in [2.24, 2.45) is 0 Å². The molecule has 0 saturated carbocycles. The Morgan fingerprint density at radius 3 is 2.67 bits per heavy atom. The highest BCUT2D eigenvalue weighted by Gasteiger charge is 2.38. The van der Waals surface area contributed by atoms with Crippen molar-refractivity contribution in [2.75, 3.05) is 19.5 Å². The van der Waals surface area contributed by atoms with Crippen LogP contribution in [0.4, 0.5) is 5.95 Å². The van der Waals surface area contributed by atoms with Crippen molar-refractivity contribution in [1.29, 1.82) is 0 Å². The Balaban J connectivity index is 1.95. The third-order valence-corrected chi connectivity index (χ3v) is 5.14. The number of methoxy groups -OCH3 is 2. The van der Waals surface area contributed by atoms with E-state index in [0.29, 0.717) is 16.9 Å². The number of benzene rings is 2. The van der Waals surface area contributed by atoms with Gasteiger partial charge in [-0.05, 0) is 40.3 Å². The van der Waals surface area contributed by atoms with Gasteiger partial charge in [0, 0.05) is 10.0 Å². The molecule has 10 heteroatoms. The molecule has 0 spiro atoms. The zero-order chi connectivity index (χ0) is 21.3. The number of carbonyl (C=O) groups excluding carboxylic acids is 2. The Labute approximate surface area is 179 Å². The largest absolute Gasteiger partial charge is 0.497 e. The maximum atomic E-state index is 13.6. The molecule has 2 aromatic carbocycles. The van der Waals surface area contributed by atoms with Crippen LogP contribution in [0.15, 0.2) is 64.3 Å². The summed E-state index contributed by atoms with van der Waals surface area (Å²) >= 11 is 3.45. The number of fused-ring (bicyclic) bond motifs is 1. The van der Waals surface area contributed by atoms with Crippen molar-refractivity contribution < 1.29 is 19.1 Å². The lowest BCUT2D eigenvalue weighted by molar-refractivity contribution is -0.136. The van der Waals surface area contributed by atoms with E-state index < -0.39 is 12.0 Å². The second kappa shape index (κ2) is 8.07. The van der Waals surface area contributed by atoms with Gasteiger partial charge in [0.15, 0.2) is 5.78 Å². The predicted molar refractivity (Wildman–Crippen MR) is 110 cm³/mol. The topological polar surface area (TPSA) is 108 Å². The van der Waals surface area contributed by atoms with Crippen LogP contribution in [0, 0.1) is 0 Å². The minimum absolute atomic E-state index is 0.0161. The minimum Gasteiger partial charge on any atom is -0.497 e. The first-order chi connectivity index (χ1) is 14.5. The summed E-state index contributed by atoms with van der Waals surface area (Å²) in [6.45, 7) is 0.